The quantitative estimate of drug-likeness (QED) is 0.697. The molecule has 2 aromatic carbocycles. The molecule has 5 nitrogen and oxygen atoms in total. The molecule has 29 heavy (non-hydrogen) atoms. The maximum absolute atomic E-state index is 13.6. The van der Waals surface area contributed by atoms with Crippen LogP contribution in [0.2, 0.25) is 0 Å². The van der Waals surface area contributed by atoms with Crippen molar-refractivity contribution in [2.24, 2.45) is 4.99 Å². The Bertz CT molecular complexity index is 1080. The zero-order chi connectivity index (χ0) is 20.6. The van der Waals surface area contributed by atoms with Gasteiger partial charge in [0.15, 0.2) is 0 Å². The molecule has 0 saturated heterocycles. The zero-order valence-corrected chi connectivity index (χ0v) is 15.5. The van der Waals surface area contributed by atoms with E-state index in [0.29, 0.717) is 18.1 Å². The Hall–Kier alpha value is -3.61. The highest BCUT2D eigenvalue weighted by Crippen LogP contribution is 2.09. The van der Waals surface area contributed by atoms with Gasteiger partial charge in [0.25, 0.3) is 5.91 Å². The van der Waals surface area contributed by atoms with Crippen LogP contribution in [0.25, 0.3) is 0 Å². The van der Waals surface area contributed by atoms with Gasteiger partial charge in [-0.1, -0.05) is 36.4 Å². The Kier molecular flexibility index (Phi) is 6.63. The second kappa shape index (κ2) is 9.54. The predicted molar refractivity (Wildman–Crippen MR) is 104 cm³/mol. The minimum atomic E-state index is -0.954. The molecule has 148 valence electrons. The first-order chi connectivity index (χ1) is 14.0. The molecule has 0 radical (unpaired) electrons. The number of halogens is 2. The van der Waals surface area contributed by atoms with Crippen LogP contribution in [0.4, 0.5) is 8.78 Å². The van der Waals surface area contributed by atoms with E-state index in [9.17, 15) is 18.4 Å². The molecule has 1 N–H and O–H groups in total. The fourth-order valence-electron chi connectivity index (χ4n) is 2.72. The highest BCUT2D eigenvalue weighted by molar-refractivity contribution is 5.94. The third-order valence-electron chi connectivity index (χ3n) is 4.15. The molecule has 2 amide bonds. The summed E-state index contributed by atoms with van der Waals surface area (Å²) < 4.78 is 28.4. The second-order valence-electron chi connectivity index (χ2n) is 6.31. The molecule has 0 spiro atoms. The molecule has 0 bridgehead atoms. The summed E-state index contributed by atoms with van der Waals surface area (Å²) >= 11 is 0. The molecule has 0 aliphatic rings. The first-order valence-electron chi connectivity index (χ1n) is 9.03. The molecule has 1 aromatic heterocycles. The molecule has 3 aromatic rings. The molecule has 0 saturated carbocycles. The molecule has 0 aliphatic carbocycles. The van der Waals surface area contributed by atoms with E-state index in [2.05, 4.69) is 10.3 Å². The standard InChI is InChI=1S/C22H19F2N3O2/c23-17-9-10-18(19(24)14-17)22(29)25-12-11-21(28)26-20-8-4-5-13-27(20)15-16-6-2-1-3-7-16/h1-10,13-14H,11-12,15H2,(H,25,29). The minimum Gasteiger partial charge on any atom is -0.351 e. The Morgan fingerprint density at radius 3 is 2.48 bits per heavy atom. The molecule has 0 aliphatic heterocycles. The first kappa shape index (κ1) is 20.1. The fraction of sp³-hybridized carbons (Fsp3) is 0.136. The third kappa shape index (κ3) is 5.68. The molecule has 1 heterocycles. The lowest BCUT2D eigenvalue weighted by Crippen LogP contribution is -2.27. The van der Waals surface area contributed by atoms with Gasteiger partial charge in [0.2, 0.25) is 5.91 Å². The summed E-state index contributed by atoms with van der Waals surface area (Å²) in [7, 11) is 0. The number of nitrogens with one attached hydrogen (secondary N) is 1. The molecule has 0 atom stereocenters. The SMILES string of the molecule is O=C(CCNC(=O)c1ccc(F)cc1F)N=c1ccccn1Cc1ccccc1. The Balaban J connectivity index is 1.62. The number of amides is 2. The summed E-state index contributed by atoms with van der Waals surface area (Å²) in [6.07, 6.45) is 1.78. The van der Waals surface area contributed by atoms with Crippen molar-refractivity contribution in [2.75, 3.05) is 6.54 Å². The number of rotatable bonds is 6. The highest BCUT2D eigenvalue weighted by Gasteiger charge is 2.12. The first-order valence-corrected chi connectivity index (χ1v) is 9.03. The van der Waals surface area contributed by atoms with Crippen LogP contribution in [-0.2, 0) is 11.3 Å². The average molecular weight is 395 g/mol. The van der Waals surface area contributed by atoms with Gasteiger partial charge in [-0.05, 0) is 29.8 Å². The molecule has 0 unspecified atom stereocenters. The number of pyridine rings is 1. The van der Waals surface area contributed by atoms with Crippen LogP contribution in [0, 0.1) is 11.6 Å². The van der Waals surface area contributed by atoms with E-state index in [1.165, 1.54) is 0 Å². The van der Waals surface area contributed by atoms with Crippen molar-refractivity contribution in [1.82, 2.24) is 9.88 Å². The number of carbonyl (C=O) groups excluding carboxylic acids is 2. The van der Waals surface area contributed by atoms with E-state index in [1.807, 2.05) is 47.2 Å². The van der Waals surface area contributed by atoms with Crippen LogP contribution in [0.3, 0.4) is 0 Å². The van der Waals surface area contributed by atoms with Crippen LogP contribution < -0.4 is 10.8 Å². The van der Waals surface area contributed by atoms with Crippen LogP contribution in [0.5, 0.6) is 0 Å². The van der Waals surface area contributed by atoms with Crippen molar-refractivity contribution in [2.45, 2.75) is 13.0 Å². The monoisotopic (exact) mass is 395 g/mol. The lowest BCUT2D eigenvalue weighted by Gasteiger charge is -2.07. The normalized spacial score (nSPS) is 11.3. The summed E-state index contributed by atoms with van der Waals surface area (Å²) in [4.78, 5) is 28.2. The summed E-state index contributed by atoms with van der Waals surface area (Å²) in [5.74, 6) is -2.85. The van der Waals surface area contributed by atoms with Crippen LogP contribution >= 0.6 is 0 Å². The minimum absolute atomic E-state index is 0.0104. The summed E-state index contributed by atoms with van der Waals surface area (Å²) in [6, 6.07) is 17.8. The molecule has 7 heteroatoms. The summed E-state index contributed by atoms with van der Waals surface area (Å²) in [5, 5.41) is 2.44. The van der Waals surface area contributed by atoms with E-state index in [1.54, 1.807) is 12.1 Å². The number of nitrogens with zero attached hydrogens (tertiary/aromatic N) is 2. The van der Waals surface area contributed by atoms with E-state index < -0.39 is 23.4 Å². The van der Waals surface area contributed by atoms with Gasteiger partial charge in [0.1, 0.15) is 17.1 Å². The van der Waals surface area contributed by atoms with Crippen molar-refractivity contribution >= 4 is 11.8 Å². The van der Waals surface area contributed by atoms with Crippen LogP contribution in [0.15, 0.2) is 77.9 Å². The van der Waals surface area contributed by atoms with Crippen molar-refractivity contribution < 1.29 is 18.4 Å². The summed E-state index contributed by atoms with van der Waals surface area (Å²) in [5.41, 5.74) is 1.29. The number of aromatic nitrogens is 1. The van der Waals surface area contributed by atoms with Gasteiger partial charge in [-0.3, -0.25) is 9.59 Å². The van der Waals surface area contributed by atoms with E-state index >= 15 is 0 Å². The Morgan fingerprint density at radius 2 is 1.72 bits per heavy atom. The van der Waals surface area contributed by atoms with Crippen LogP contribution in [0.1, 0.15) is 22.3 Å². The largest absolute Gasteiger partial charge is 0.351 e. The third-order valence-corrected chi connectivity index (χ3v) is 4.15. The summed E-state index contributed by atoms with van der Waals surface area (Å²) in [6.45, 7) is 0.553. The van der Waals surface area contributed by atoms with E-state index in [4.69, 9.17) is 0 Å². The fourth-order valence-corrected chi connectivity index (χ4v) is 2.72. The zero-order valence-electron chi connectivity index (χ0n) is 15.5. The van der Waals surface area contributed by atoms with Gasteiger partial charge in [-0.25, -0.2) is 8.78 Å². The lowest BCUT2D eigenvalue weighted by molar-refractivity contribution is -0.118. The average Bonchev–Trinajstić information content (AvgIpc) is 2.70. The van der Waals surface area contributed by atoms with Crippen LogP contribution in [-0.4, -0.2) is 22.9 Å². The smallest absolute Gasteiger partial charge is 0.254 e. The highest BCUT2D eigenvalue weighted by atomic mass is 19.1. The molecule has 3 rings (SSSR count). The maximum atomic E-state index is 13.6. The van der Waals surface area contributed by atoms with Gasteiger partial charge >= 0.3 is 0 Å². The van der Waals surface area contributed by atoms with Gasteiger partial charge < -0.3 is 9.88 Å². The molecular formula is C22H19F2N3O2. The maximum Gasteiger partial charge on any atom is 0.254 e. The van der Waals surface area contributed by atoms with Gasteiger partial charge in [-0.2, -0.15) is 4.99 Å². The van der Waals surface area contributed by atoms with Gasteiger partial charge in [0, 0.05) is 31.8 Å². The van der Waals surface area contributed by atoms with E-state index in [-0.39, 0.29) is 18.5 Å². The molecule has 0 fully saturated rings. The number of hydrogen-bond acceptors (Lipinski definition) is 2. The predicted octanol–water partition coefficient (Wildman–Crippen LogP) is 3.06. The molecular weight excluding hydrogens is 376 g/mol. The topological polar surface area (TPSA) is 63.5 Å². The van der Waals surface area contributed by atoms with Crippen molar-refractivity contribution in [3.05, 3.63) is 101 Å². The van der Waals surface area contributed by atoms with Crippen molar-refractivity contribution in [3.8, 4) is 0 Å². The lowest BCUT2D eigenvalue weighted by atomic mass is 10.2. The van der Waals surface area contributed by atoms with Gasteiger partial charge in [-0.15, -0.1) is 0 Å². The Labute approximate surface area is 166 Å². The number of hydrogen-bond donors (Lipinski definition) is 1. The van der Waals surface area contributed by atoms with Crippen molar-refractivity contribution in [3.63, 3.8) is 0 Å². The number of carbonyl (C=O) groups is 2. The second-order valence-corrected chi connectivity index (χ2v) is 6.31. The number of benzene rings is 2. The van der Waals surface area contributed by atoms with E-state index in [0.717, 1.165) is 17.7 Å². The van der Waals surface area contributed by atoms with Gasteiger partial charge in [0.05, 0.1) is 5.56 Å². The van der Waals surface area contributed by atoms with Crippen molar-refractivity contribution in [1.29, 1.82) is 0 Å². The Morgan fingerprint density at radius 1 is 0.966 bits per heavy atom.